The molecular weight excluding hydrogens is 864 g/mol. The molecule has 2 N–H and O–H groups in total. The molecule has 0 spiro atoms. The summed E-state index contributed by atoms with van der Waals surface area (Å²) in [5, 5.41) is 13.8. The van der Waals surface area contributed by atoms with Crippen molar-refractivity contribution in [2.75, 3.05) is 40.9 Å². The highest BCUT2D eigenvalue weighted by Gasteiger charge is 2.23. The Morgan fingerprint density at radius 2 is 0.912 bits per heavy atom. The SMILES string of the molecule is CC/C=C\C/C=C\C/C=C\CCCCCCCC(=O)NC(COP(=O)([O-])OCC[N+](C)(C)C)C(O)/C=C/CC/C=C/CC/C=C/CCCCCCCCCCCCCCCCCCCCCCC. The Bertz CT molecular complexity index is 1330. The van der Waals surface area contributed by atoms with E-state index in [4.69, 9.17) is 9.05 Å². The van der Waals surface area contributed by atoms with Crippen LogP contribution in [0.5, 0.6) is 0 Å². The first kappa shape index (κ1) is 65.9. The van der Waals surface area contributed by atoms with Crippen molar-refractivity contribution in [3.05, 3.63) is 72.9 Å². The number of carbonyl (C=O) groups is 1. The van der Waals surface area contributed by atoms with Gasteiger partial charge in [0.1, 0.15) is 13.2 Å². The Morgan fingerprint density at radius 1 is 0.529 bits per heavy atom. The van der Waals surface area contributed by atoms with Crippen molar-refractivity contribution >= 4 is 13.7 Å². The largest absolute Gasteiger partial charge is 0.756 e. The summed E-state index contributed by atoms with van der Waals surface area (Å²) in [5.74, 6) is -0.230. The van der Waals surface area contributed by atoms with Crippen LogP contribution in [0.25, 0.3) is 0 Å². The van der Waals surface area contributed by atoms with Gasteiger partial charge in [-0.2, -0.15) is 0 Å². The smallest absolute Gasteiger partial charge is 0.268 e. The molecule has 9 heteroatoms. The Morgan fingerprint density at radius 3 is 1.37 bits per heavy atom. The van der Waals surface area contributed by atoms with E-state index in [9.17, 15) is 19.4 Å². The van der Waals surface area contributed by atoms with Crippen molar-refractivity contribution in [3.8, 4) is 0 Å². The van der Waals surface area contributed by atoms with Crippen molar-refractivity contribution in [2.24, 2.45) is 0 Å². The van der Waals surface area contributed by atoms with E-state index < -0.39 is 26.6 Å². The second-order valence-corrected chi connectivity index (χ2v) is 21.7. The van der Waals surface area contributed by atoms with Gasteiger partial charge in [0.15, 0.2) is 0 Å². The molecule has 0 aliphatic carbocycles. The second-order valence-electron chi connectivity index (χ2n) is 20.2. The molecule has 0 aromatic carbocycles. The number of nitrogens with one attached hydrogen (secondary N) is 1. The van der Waals surface area contributed by atoms with Gasteiger partial charge in [-0.15, -0.1) is 0 Å². The summed E-state index contributed by atoms with van der Waals surface area (Å²) in [6, 6.07) is -0.923. The van der Waals surface area contributed by atoms with Gasteiger partial charge < -0.3 is 28.8 Å². The fourth-order valence-corrected chi connectivity index (χ4v) is 8.69. The van der Waals surface area contributed by atoms with Crippen LogP contribution in [0.4, 0.5) is 0 Å². The molecule has 68 heavy (non-hydrogen) atoms. The molecule has 0 rings (SSSR count). The molecular formula is C59H109N2O6P. The molecule has 0 heterocycles. The average molecular weight is 974 g/mol. The van der Waals surface area contributed by atoms with Crippen molar-refractivity contribution in [3.63, 3.8) is 0 Å². The van der Waals surface area contributed by atoms with Gasteiger partial charge in [-0.1, -0.05) is 234 Å². The zero-order valence-electron chi connectivity index (χ0n) is 45.0. The minimum absolute atomic E-state index is 0.0158. The Balaban J connectivity index is 4.23. The lowest BCUT2D eigenvalue weighted by atomic mass is 10.0. The monoisotopic (exact) mass is 973 g/mol. The van der Waals surface area contributed by atoms with Gasteiger partial charge in [-0.25, -0.2) is 0 Å². The average Bonchev–Trinajstić information content (AvgIpc) is 3.30. The van der Waals surface area contributed by atoms with E-state index in [2.05, 4.69) is 79.9 Å². The maximum absolute atomic E-state index is 12.9. The minimum atomic E-state index is -4.62. The van der Waals surface area contributed by atoms with Gasteiger partial charge in [-0.3, -0.25) is 9.36 Å². The lowest BCUT2D eigenvalue weighted by molar-refractivity contribution is -0.870. The first-order valence-electron chi connectivity index (χ1n) is 28.3. The number of rotatable bonds is 51. The fourth-order valence-electron chi connectivity index (χ4n) is 7.96. The number of quaternary nitrogens is 1. The van der Waals surface area contributed by atoms with E-state index >= 15 is 0 Å². The maximum Gasteiger partial charge on any atom is 0.268 e. The van der Waals surface area contributed by atoms with Gasteiger partial charge >= 0.3 is 0 Å². The van der Waals surface area contributed by atoms with Crippen LogP contribution in [0.3, 0.4) is 0 Å². The van der Waals surface area contributed by atoms with Crippen LogP contribution in [-0.2, 0) is 18.4 Å². The minimum Gasteiger partial charge on any atom is -0.756 e. The van der Waals surface area contributed by atoms with Gasteiger partial charge in [0.05, 0.1) is 39.9 Å². The van der Waals surface area contributed by atoms with E-state index in [1.54, 1.807) is 6.08 Å². The lowest BCUT2D eigenvalue weighted by Gasteiger charge is -2.29. The lowest BCUT2D eigenvalue weighted by Crippen LogP contribution is -2.45. The van der Waals surface area contributed by atoms with Crippen molar-refractivity contribution in [1.82, 2.24) is 5.32 Å². The van der Waals surface area contributed by atoms with Gasteiger partial charge in [-0.05, 0) is 77.0 Å². The van der Waals surface area contributed by atoms with Crippen LogP contribution in [0.15, 0.2) is 72.9 Å². The molecule has 0 aliphatic rings. The molecule has 8 nitrogen and oxygen atoms in total. The summed E-state index contributed by atoms with van der Waals surface area (Å²) < 4.78 is 23.3. The Labute approximate surface area is 421 Å². The Hall–Kier alpha value is -2.06. The molecule has 0 aliphatic heterocycles. The maximum atomic E-state index is 12.9. The standard InChI is InChI=1S/C59H109N2O6P/c1-6-8-10-12-14-16-18-20-22-23-24-25-26-27-28-29-30-31-32-33-34-35-36-37-39-40-42-44-46-48-50-52-58(62)57(56-67-68(64,65)66-55-54-61(3,4)5)60-59(63)53-51-49-47-45-43-41-38-21-19-17-15-13-11-9-7-2/h9,11,15,17,21,36-38,42,44,50,52,57-58,62H,6-8,10,12-14,16,18-20,22-35,39-41,43,45-49,51,53-56H2,1-5H3,(H-,60,63,64,65)/b11-9-,17-15-,37-36+,38-21-,44-42+,52-50+. The van der Waals surface area contributed by atoms with Crippen molar-refractivity contribution < 1.29 is 32.9 Å². The molecule has 3 atom stereocenters. The number of allylic oxidation sites excluding steroid dienone is 11. The van der Waals surface area contributed by atoms with Crippen molar-refractivity contribution in [2.45, 2.75) is 257 Å². The molecule has 0 saturated carbocycles. The van der Waals surface area contributed by atoms with Crippen LogP contribution >= 0.6 is 7.82 Å². The van der Waals surface area contributed by atoms with Gasteiger partial charge in [0, 0.05) is 6.42 Å². The summed E-state index contributed by atoms with van der Waals surface area (Å²) in [4.78, 5) is 25.4. The quantitative estimate of drug-likeness (QED) is 0.0272. The normalized spacial score (nSPS) is 14.5. The molecule has 0 saturated heterocycles. The third-order valence-electron chi connectivity index (χ3n) is 12.4. The second kappa shape index (κ2) is 49.9. The number of amides is 1. The van der Waals surface area contributed by atoms with Gasteiger partial charge in [0.25, 0.3) is 7.82 Å². The first-order chi connectivity index (χ1) is 33.0. The third kappa shape index (κ3) is 51.8. The number of likely N-dealkylation sites (N-methyl/N-ethyl adjacent to an activating group) is 1. The highest BCUT2D eigenvalue weighted by Crippen LogP contribution is 2.38. The zero-order chi connectivity index (χ0) is 49.9. The van der Waals surface area contributed by atoms with Crippen molar-refractivity contribution in [1.29, 1.82) is 0 Å². The molecule has 0 fully saturated rings. The first-order valence-corrected chi connectivity index (χ1v) is 29.8. The third-order valence-corrected chi connectivity index (χ3v) is 13.3. The predicted octanol–water partition coefficient (Wildman–Crippen LogP) is 16.5. The van der Waals surface area contributed by atoms with E-state index in [-0.39, 0.29) is 12.5 Å². The van der Waals surface area contributed by atoms with E-state index in [1.165, 1.54) is 141 Å². The number of carbonyl (C=O) groups excluding carboxylic acids is 1. The number of hydrogen-bond donors (Lipinski definition) is 2. The topological polar surface area (TPSA) is 108 Å². The van der Waals surface area contributed by atoms with E-state index in [1.807, 2.05) is 27.2 Å². The molecule has 0 aromatic heterocycles. The number of unbranched alkanes of at least 4 members (excludes halogenated alkanes) is 28. The van der Waals surface area contributed by atoms with Crippen LogP contribution < -0.4 is 10.2 Å². The predicted molar refractivity (Wildman–Crippen MR) is 293 cm³/mol. The molecule has 0 radical (unpaired) electrons. The number of aliphatic hydroxyl groups excluding tert-OH is 1. The zero-order valence-corrected chi connectivity index (χ0v) is 45.9. The number of phosphoric ester groups is 1. The van der Waals surface area contributed by atoms with Gasteiger partial charge in [0.2, 0.25) is 5.91 Å². The number of phosphoric acid groups is 1. The molecule has 396 valence electrons. The Kier molecular flexibility index (Phi) is 48.4. The van der Waals surface area contributed by atoms with Crippen LogP contribution in [0, 0.1) is 0 Å². The van der Waals surface area contributed by atoms with Crippen LogP contribution in [0.1, 0.15) is 245 Å². The molecule has 3 unspecified atom stereocenters. The fraction of sp³-hybridized carbons (Fsp3) is 0.780. The van der Waals surface area contributed by atoms with Crippen LogP contribution in [-0.4, -0.2) is 68.5 Å². The van der Waals surface area contributed by atoms with E-state index in [0.29, 0.717) is 17.4 Å². The highest BCUT2D eigenvalue weighted by atomic mass is 31.2. The van der Waals surface area contributed by atoms with E-state index in [0.717, 1.165) is 83.5 Å². The number of aliphatic hydroxyl groups is 1. The summed E-state index contributed by atoms with van der Waals surface area (Å²) in [6.45, 7) is 4.50. The highest BCUT2D eigenvalue weighted by molar-refractivity contribution is 7.45. The molecule has 1 amide bonds. The summed E-state index contributed by atoms with van der Waals surface area (Å²) in [7, 11) is 1.22. The van der Waals surface area contributed by atoms with Crippen LogP contribution in [0.2, 0.25) is 0 Å². The summed E-state index contributed by atoms with van der Waals surface area (Å²) >= 11 is 0. The summed E-state index contributed by atoms with van der Waals surface area (Å²) in [5.41, 5.74) is 0. The number of hydrogen-bond acceptors (Lipinski definition) is 6. The molecule has 0 bridgehead atoms. The summed E-state index contributed by atoms with van der Waals surface area (Å²) in [6.07, 6.45) is 68.6. The number of nitrogens with zero attached hydrogens (tertiary/aromatic N) is 1. The molecule has 0 aromatic rings.